The Balaban J connectivity index is 1.61. The smallest absolute Gasteiger partial charge is 0.230 e. The van der Waals surface area contributed by atoms with Crippen LogP contribution in [0.25, 0.3) is 0 Å². The second-order valence-electron chi connectivity index (χ2n) is 4.41. The number of fused-ring (bicyclic) bond motifs is 2. The zero-order valence-electron chi connectivity index (χ0n) is 12.5. The topological polar surface area (TPSA) is 55.4 Å². The molecule has 1 aromatic carbocycles. The van der Waals surface area contributed by atoms with Crippen LogP contribution in [0.1, 0.15) is 13.8 Å². The van der Waals surface area contributed by atoms with E-state index in [1.54, 1.807) is 0 Å². The van der Waals surface area contributed by atoms with Gasteiger partial charge in [-0.05, 0) is 13.8 Å². The van der Waals surface area contributed by atoms with Crippen molar-refractivity contribution in [2.24, 2.45) is 0 Å². The van der Waals surface area contributed by atoms with Gasteiger partial charge < -0.3 is 28.4 Å². The highest BCUT2D eigenvalue weighted by Gasteiger charge is 2.11. The van der Waals surface area contributed by atoms with Gasteiger partial charge in [-0.2, -0.15) is 0 Å². The number of hydrogen-bond acceptors (Lipinski definition) is 6. The summed E-state index contributed by atoms with van der Waals surface area (Å²) in [5, 5.41) is 0. The molecule has 1 aliphatic rings. The van der Waals surface area contributed by atoms with Crippen molar-refractivity contribution >= 4 is 0 Å². The Kier molecular flexibility index (Phi) is 6.59. The van der Waals surface area contributed by atoms with Crippen LogP contribution in [0.15, 0.2) is 18.2 Å². The van der Waals surface area contributed by atoms with E-state index in [-0.39, 0.29) is 13.1 Å². The first-order chi connectivity index (χ1) is 10.3. The van der Waals surface area contributed by atoms with E-state index >= 15 is 0 Å². The number of ether oxygens (including phenoxy) is 6. The fourth-order valence-corrected chi connectivity index (χ4v) is 1.81. The van der Waals surface area contributed by atoms with Crippen LogP contribution in [0.4, 0.5) is 0 Å². The van der Waals surface area contributed by atoms with Gasteiger partial charge in [0.2, 0.25) is 6.79 Å². The molecule has 1 unspecified atom stereocenters. The molecule has 1 aliphatic heterocycles. The molecule has 0 spiro atoms. The van der Waals surface area contributed by atoms with Gasteiger partial charge in [-0.3, -0.25) is 0 Å². The van der Waals surface area contributed by atoms with Crippen molar-refractivity contribution in [3.8, 4) is 17.2 Å². The summed E-state index contributed by atoms with van der Waals surface area (Å²) >= 11 is 0. The molecule has 1 heterocycles. The van der Waals surface area contributed by atoms with Crippen LogP contribution < -0.4 is 14.2 Å². The third kappa shape index (κ3) is 5.79. The van der Waals surface area contributed by atoms with E-state index in [1.807, 2.05) is 32.0 Å². The van der Waals surface area contributed by atoms with Crippen LogP contribution in [-0.2, 0) is 14.2 Å². The van der Waals surface area contributed by atoms with E-state index in [0.29, 0.717) is 38.8 Å². The van der Waals surface area contributed by atoms with E-state index < -0.39 is 0 Å². The summed E-state index contributed by atoms with van der Waals surface area (Å²) in [5.41, 5.74) is 0. The molecular formula is C15H22O6. The molecule has 6 heteroatoms. The quantitative estimate of drug-likeness (QED) is 0.487. The Morgan fingerprint density at radius 3 is 2.38 bits per heavy atom. The average Bonchev–Trinajstić information content (AvgIpc) is 2.46. The fourth-order valence-electron chi connectivity index (χ4n) is 1.81. The molecule has 2 bridgehead atoms. The number of rotatable bonds is 10. The molecule has 0 fully saturated rings. The Hall–Kier alpha value is -1.50. The highest BCUT2D eigenvalue weighted by atomic mass is 16.7. The van der Waals surface area contributed by atoms with Gasteiger partial charge in [0.05, 0.1) is 26.4 Å². The second kappa shape index (κ2) is 8.71. The molecule has 1 atom stereocenters. The highest BCUT2D eigenvalue weighted by Crippen LogP contribution is 2.31. The lowest BCUT2D eigenvalue weighted by molar-refractivity contribution is -0.0861. The van der Waals surface area contributed by atoms with Crippen molar-refractivity contribution in [2.45, 2.75) is 20.1 Å². The van der Waals surface area contributed by atoms with E-state index in [4.69, 9.17) is 28.4 Å². The minimum Gasteiger partial charge on any atom is -0.465 e. The van der Waals surface area contributed by atoms with Crippen molar-refractivity contribution in [3.63, 3.8) is 0 Å². The number of hydrogen-bond donors (Lipinski definition) is 0. The molecule has 6 nitrogen and oxygen atoms in total. The lowest BCUT2D eigenvalue weighted by Gasteiger charge is -2.20. The molecule has 0 saturated carbocycles. The highest BCUT2D eigenvalue weighted by molar-refractivity contribution is 5.43. The molecule has 0 N–H and O–H groups in total. The van der Waals surface area contributed by atoms with E-state index in [0.717, 1.165) is 11.5 Å². The summed E-state index contributed by atoms with van der Waals surface area (Å²) in [5.74, 6) is 2.13. The van der Waals surface area contributed by atoms with Gasteiger partial charge in [0.25, 0.3) is 0 Å². The van der Waals surface area contributed by atoms with Gasteiger partial charge in [-0.25, -0.2) is 0 Å². The van der Waals surface area contributed by atoms with Gasteiger partial charge in [-0.1, -0.05) is 0 Å². The predicted molar refractivity (Wildman–Crippen MR) is 75.9 cm³/mol. The van der Waals surface area contributed by atoms with E-state index in [1.165, 1.54) is 0 Å². The Morgan fingerprint density at radius 2 is 1.67 bits per heavy atom. The molecule has 0 aliphatic carbocycles. The van der Waals surface area contributed by atoms with Crippen molar-refractivity contribution in [1.82, 2.24) is 0 Å². The second-order valence-corrected chi connectivity index (χ2v) is 4.41. The lowest BCUT2D eigenvalue weighted by Crippen LogP contribution is -2.20. The van der Waals surface area contributed by atoms with E-state index in [2.05, 4.69) is 0 Å². The minimum atomic E-state index is -0.372. The van der Waals surface area contributed by atoms with Crippen molar-refractivity contribution in [3.05, 3.63) is 18.2 Å². The van der Waals surface area contributed by atoms with Gasteiger partial charge in [0, 0.05) is 24.8 Å². The van der Waals surface area contributed by atoms with Crippen LogP contribution in [0.2, 0.25) is 0 Å². The summed E-state index contributed by atoms with van der Waals surface area (Å²) in [6, 6.07) is 5.43. The Morgan fingerprint density at radius 1 is 1.00 bits per heavy atom. The summed E-state index contributed by atoms with van der Waals surface area (Å²) in [6.07, 6.45) is -0.372. The summed E-state index contributed by atoms with van der Waals surface area (Å²) in [7, 11) is 0. The monoisotopic (exact) mass is 298 g/mol. The molecule has 118 valence electrons. The first-order valence-electron chi connectivity index (χ1n) is 7.12. The zero-order valence-corrected chi connectivity index (χ0v) is 12.5. The fraction of sp³-hybridized carbons (Fsp3) is 0.600. The Labute approximate surface area is 124 Å². The molecule has 0 amide bonds. The van der Waals surface area contributed by atoms with Crippen LogP contribution in [-0.4, -0.2) is 46.1 Å². The molecule has 0 saturated heterocycles. The largest absolute Gasteiger partial charge is 0.465 e. The van der Waals surface area contributed by atoms with Crippen LogP contribution in [0.3, 0.4) is 0 Å². The van der Waals surface area contributed by atoms with Crippen LogP contribution in [0, 0.1) is 0 Å². The van der Waals surface area contributed by atoms with Gasteiger partial charge in [-0.15, -0.1) is 0 Å². The van der Waals surface area contributed by atoms with Crippen molar-refractivity contribution in [2.75, 3.05) is 39.8 Å². The predicted octanol–water partition coefficient (Wildman–Crippen LogP) is 2.21. The first-order valence-corrected chi connectivity index (χ1v) is 7.12. The summed E-state index contributed by atoms with van der Waals surface area (Å²) < 4.78 is 32.2. The van der Waals surface area contributed by atoms with Crippen LogP contribution in [0.5, 0.6) is 17.2 Å². The maximum Gasteiger partial charge on any atom is 0.230 e. The third-order valence-electron chi connectivity index (χ3n) is 2.76. The molecule has 1 aromatic rings. The maximum atomic E-state index is 5.65. The molecule has 21 heavy (non-hydrogen) atoms. The molecule has 0 radical (unpaired) electrons. The molecule has 2 rings (SSSR count). The van der Waals surface area contributed by atoms with Crippen molar-refractivity contribution in [1.29, 1.82) is 0 Å². The normalized spacial score (nSPS) is 14.2. The van der Waals surface area contributed by atoms with Gasteiger partial charge >= 0.3 is 0 Å². The van der Waals surface area contributed by atoms with Crippen LogP contribution >= 0.6 is 0 Å². The molecule has 0 aromatic heterocycles. The average molecular weight is 298 g/mol. The standard InChI is InChI=1S/C15H22O6/c1-3-16-4-5-17-6-7-18-12(2)21-15-9-13-8-14(10-15)20-11-19-13/h8-10,12H,3-7,11H2,1-2H3. The summed E-state index contributed by atoms with van der Waals surface area (Å²) in [6.45, 7) is 6.90. The zero-order chi connectivity index (χ0) is 14.9. The van der Waals surface area contributed by atoms with Crippen molar-refractivity contribution < 1.29 is 28.4 Å². The minimum absolute atomic E-state index is 0.243. The Bertz CT molecular complexity index is 400. The maximum absolute atomic E-state index is 5.65. The first kappa shape index (κ1) is 15.9. The number of benzene rings is 1. The lowest BCUT2D eigenvalue weighted by atomic mass is 10.3. The molecular weight excluding hydrogens is 276 g/mol. The third-order valence-corrected chi connectivity index (χ3v) is 2.76. The van der Waals surface area contributed by atoms with E-state index in [9.17, 15) is 0 Å². The SMILES string of the molecule is CCOCCOCCOC(C)Oc1cc2cc(c1)OCO2. The summed E-state index contributed by atoms with van der Waals surface area (Å²) in [4.78, 5) is 0. The van der Waals surface area contributed by atoms with Gasteiger partial charge in [0.1, 0.15) is 17.2 Å². The van der Waals surface area contributed by atoms with Gasteiger partial charge in [0.15, 0.2) is 6.29 Å².